The highest BCUT2D eigenvalue weighted by Crippen LogP contribution is 2.37. The molecule has 0 aliphatic carbocycles. The zero-order chi connectivity index (χ0) is 28.4. The van der Waals surface area contributed by atoms with E-state index in [-0.39, 0.29) is 60.9 Å². The Hall–Kier alpha value is -3.28. The summed E-state index contributed by atoms with van der Waals surface area (Å²) in [4.78, 5) is 13.3. The molecule has 212 valence electrons. The van der Waals surface area contributed by atoms with Crippen LogP contribution in [0.4, 0.5) is 24.5 Å². The maximum Gasteiger partial charge on any atom is 0.224 e. The van der Waals surface area contributed by atoms with E-state index in [2.05, 4.69) is 21.2 Å². The highest BCUT2D eigenvalue weighted by atomic mass is 79.9. The molecular formula is C29H28BrF3N2O5. The summed E-state index contributed by atoms with van der Waals surface area (Å²) in [7, 11) is 1.56. The molecule has 2 unspecified atom stereocenters. The molecule has 0 spiro atoms. The van der Waals surface area contributed by atoms with Crippen molar-refractivity contribution in [3.05, 3.63) is 81.6 Å². The van der Waals surface area contributed by atoms with E-state index in [9.17, 15) is 23.1 Å². The molecule has 5 rings (SSSR count). The number of anilines is 2. The van der Waals surface area contributed by atoms with Crippen molar-refractivity contribution in [2.75, 3.05) is 37.0 Å². The van der Waals surface area contributed by atoms with E-state index in [0.29, 0.717) is 23.5 Å². The summed E-state index contributed by atoms with van der Waals surface area (Å²) in [6, 6.07) is 12.2. The van der Waals surface area contributed by atoms with E-state index in [1.807, 2.05) is 12.1 Å². The van der Waals surface area contributed by atoms with Crippen molar-refractivity contribution in [2.45, 2.75) is 37.6 Å². The third kappa shape index (κ3) is 5.91. The molecule has 2 aliphatic rings. The Kier molecular flexibility index (Phi) is 8.25. The molecule has 1 saturated heterocycles. The normalized spacial score (nSPS) is 20.6. The summed E-state index contributed by atoms with van der Waals surface area (Å²) in [6.45, 7) is 0.0257. The van der Waals surface area contributed by atoms with Crippen LogP contribution in [0, 0.1) is 17.5 Å². The number of benzene rings is 3. The van der Waals surface area contributed by atoms with Crippen molar-refractivity contribution >= 4 is 33.2 Å². The number of methoxy groups -OCH3 is 1. The molecule has 2 atom stereocenters. The number of hydrogen-bond acceptors (Lipinski definition) is 6. The van der Waals surface area contributed by atoms with Gasteiger partial charge >= 0.3 is 0 Å². The maximum absolute atomic E-state index is 14.8. The number of ether oxygens (including phenoxy) is 3. The van der Waals surface area contributed by atoms with Crippen LogP contribution in [0.3, 0.4) is 0 Å². The fourth-order valence-corrected chi connectivity index (χ4v) is 5.45. The van der Waals surface area contributed by atoms with Crippen LogP contribution in [0.5, 0.6) is 11.5 Å². The predicted octanol–water partition coefficient (Wildman–Crippen LogP) is 5.37. The number of piperidine rings is 1. The van der Waals surface area contributed by atoms with Gasteiger partial charge in [-0.05, 0) is 54.8 Å². The average Bonchev–Trinajstić information content (AvgIpc) is 2.93. The minimum absolute atomic E-state index is 0.0108. The molecule has 0 bridgehead atoms. The fraction of sp³-hybridized carbons (Fsp3) is 0.345. The van der Waals surface area contributed by atoms with Gasteiger partial charge in [-0.15, -0.1) is 0 Å². The molecular weight excluding hydrogens is 593 g/mol. The number of aliphatic hydroxyl groups is 1. The molecule has 2 N–H and O–H groups in total. The van der Waals surface area contributed by atoms with Gasteiger partial charge in [-0.25, -0.2) is 13.2 Å². The molecule has 3 aromatic rings. The lowest BCUT2D eigenvalue weighted by Crippen LogP contribution is -2.59. The Morgan fingerprint density at radius 1 is 1.07 bits per heavy atom. The van der Waals surface area contributed by atoms with Crippen LogP contribution in [0.1, 0.15) is 24.0 Å². The number of hydrogen-bond donors (Lipinski definition) is 2. The van der Waals surface area contributed by atoms with Crippen LogP contribution in [0.2, 0.25) is 0 Å². The lowest BCUT2D eigenvalue weighted by Gasteiger charge is -2.45. The number of nitrogens with one attached hydrogen (secondary N) is 1. The third-order valence-electron chi connectivity index (χ3n) is 7.27. The highest BCUT2D eigenvalue weighted by Gasteiger charge is 2.44. The lowest BCUT2D eigenvalue weighted by molar-refractivity contribution is -0.140. The molecule has 1 amide bonds. The summed E-state index contributed by atoms with van der Waals surface area (Å²) in [5, 5.41) is 14.3. The molecule has 0 radical (unpaired) electrons. The Bertz CT molecular complexity index is 1380. The number of amides is 1. The van der Waals surface area contributed by atoms with Crippen molar-refractivity contribution in [3.8, 4) is 11.5 Å². The van der Waals surface area contributed by atoms with Gasteiger partial charge in [0, 0.05) is 29.5 Å². The van der Waals surface area contributed by atoms with E-state index in [1.54, 1.807) is 19.2 Å². The van der Waals surface area contributed by atoms with Crippen LogP contribution in [0.25, 0.3) is 0 Å². The van der Waals surface area contributed by atoms with Gasteiger partial charge in [-0.1, -0.05) is 28.1 Å². The summed E-state index contributed by atoms with van der Waals surface area (Å²) < 4.78 is 61.6. The first-order valence-corrected chi connectivity index (χ1v) is 13.6. The molecule has 11 heteroatoms. The summed E-state index contributed by atoms with van der Waals surface area (Å²) >= 11 is 3.10. The number of rotatable bonds is 8. The first kappa shape index (κ1) is 28.3. The lowest BCUT2D eigenvalue weighted by atomic mass is 9.88. The standard InChI is InChI=1S/C29H28BrF3N2O5/c1-38-19-4-2-17(3-5-19)15-39-25-14-35(28-22(32)12-18(30)13-23(28)33)11-10-29(25,37)16-40-24-8-7-21(31)27-20(24)6-9-26(36)34-27/h2-5,7-8,12-13,25,37H,6,9-11,14-16H2,1H3,(H,34,36). The van der Waals surface area contributed by atoms with E-state index in [0.717, 1.165) is 5.56 Å². The van der Waals surface area contributed by atoms with Crippen molar-refractivity contribution < 1.29 is 37.3 Å². The molecule has 0 saturated carbocycles. The molecule has 1 fully saturated rings. The number of nitrogens with zero attached hydrogens (tertiary/aromatic N) is 1. The minimum Gasteiger partial charge on any atom is -0.497 e. The Morgan fingerprint density at radius 3 is 2.50 bits per heavy atom. The monoisotopic (exact) mass is 620 g/mol. The molecule has 7 nitrogen and oxygen atoms in total. The zero-order valence-electron chi connectivity index (χ0n) is 21.7. The maximum atomic E-state index is 14.8. The first-order valence-electron chi connectivity index (χ1n) is 12.8. The molecule has 0 aromatic heterocycles. The van der Waals surface area contributed by atoms with Crippen LogP contribution in [-0.4, -0.2) is 49.5 Å². The summed E-state index contributed by atoms with van der Waals surface area (Å²) in [5.74, 6) is -1.30. The molecule has 2 heterocycles. The number of fused-ring (bicyclic) bond motifs is 1. The van der Waals surface area contributed by atoms with Crippen LogP contribution >= 0.6 is 15.9 Å². The topological polar surface area (TPSA) is 80.3 Å². The second kappa shape index (κ2) is 11.7. The summed E-state index contributed by atoms with van der Waals surface area (Å²) in [6.07, 6.45) is -0.346. The van der Waals surface area contributed by atoms with Crippen LogP contribution in [-0.2, 0) is 22.6 Å². The van der Waals surface area contributed by atoms with Gasteiger partial charge in [0.2, 0.25) is 5.91 Å². The predicted molar refractivity (Wildman–Crippen MR) is 146 cm³/mol. The first-order chi connectivity index (χ1) is 19.2. The SMILES string of the molecule is COc1ccc(COC2CN(c3c(F)cc(Br)cc3F)CCC2(O)COc2ccc(F)c3c2CCC(=O)N3)cc1. The van der Waals surface area contributed by atoms with Crippen molar-refractivity contribution in [1.29, 1.82) is 0 Å². The minimum atomic E-state index is -1.54. The summed E-state index contributed by atoms with van der Waals surface area (Å²) in [5.41, 5.74) is -0.345. The zero-order valence-corrected chi connectivity index (χ0v) is 23.3. The van der Waals surface area contributed by atoms with Crippen LogP contribution < -0.4 is 19.7 Å². The third-order valence-corrected chi connectivity index (χ3v) is 7.73. The molecule has 3 aromatic carbocycles. The van der Waals surface area contributed by atoms with Gasteiger partial charge in [-0.3, -0.25) is 4.79 Å². The number of halogens is 4. The smallest absolute Gasteiger partial charge is 0.224 e. The van der Waals surface area contributed by atoms with E-state index < -0.39 is 29.2 Å². The van der Waals surface area contributed by atoms with Crippen molar-refractivity contribution in [1.82, 2.24) is 0 Å². The molecule has 2 aliphatic heterocycles. The number of carbonyl (C=O) groups excluding carboxylic acids is 1. The number of carbonyl (C=O) groups is 1. The van der Waals surface area contributed by atoms with Crippen molar-refractivity contribution in [3.63, 3.8) is 0 Å². The second-order valence-corrected chi connectivity index (χ2v) is 10.8. The van der Waals surface area contributed by atoms with Gasteiger partial charge < -0.3 is 29.5 Å². The largest absolute Gasteiger partial charge is 0.497 e. The van der Waals surface area contributed by atoms with Gasteiger partial charge in [0.15, 0.2) is 11.6 Å². The Balaban J connectivity index is 1.38. The van der Waals surface area contributed by atoms with Crippen LogP contribution in [0.15, 0.2) is 53.0 Å². The average molecular weight is 621 g/mol. The van der Waals surface area contributed by atoms with Gasteiger partial charge in [0.05, 0.1) is 19.4 Å². The Morgan fingerprint density at radius 2 is 1.80 bits per heavy atom. The van der Waals surface area contributed by atoms with Crippen molar-refractivity contribution in [2.24, 2.45) is 0 Å². The molecule has 40 heavy (non-hydrogen) atoms. The van der Waals surface area contributed by atoms with Gasteiger partial charge in [0.25, 0.3) is 0 Å². The van der Waals surface area contributed by atoms with E-state index in [1.165, 1.54) is 29.2 Å². The Labute approximate surface area is 238 Å². The second-order valence-electron chi connectivity index (χ2n) is 9.90. The van der Waals surface area contributed by atoms with Gasteiger partial charge in [0.1, 0.15) is 41.3 Å². The quantitative estimate of drug-likeness (QED) is 0.353. The fourth-order valence-electron chi connectivity index (χ4n) is 5.04. The van der Waals surface area contributed by atoms with Gasteiger partial charge in [-0.2, -0.15) is 0 Å². The van der Waals surface area contributed by atoms with E-state index in [4.69, 9.17) is 14.2 Å². The van der Waals surface area contributed by atoms with E-state index >= 15 is 0 Å². The highest BCUT2D eigenvalue weighted by molar-refractivity contribution is 9.10.